The third-order valence-corrected chi connectivity index (χ3v) is 4.31. The molecule has 0 amide bonds. The van der Waals surface area contributed by atoms with Gasteiger partial charge < -0.3 is 5.32 Å². The van der Waals surface area contributed by atoms with Crippen LogP contribution in [0.2, 0.25) is 0 Å². The van der Waals surface area contributed by atoms with E-state index in [0.29, 0.717) is 5.92 Å². The number of para-hydroxylation sites is 1. The summed E-state index contributed by atoms with van der Waals surface area (Å²) < 4.78 is 0. The van der Waals surface area contributed by atoms with Crippen molar-refractivity contribution in [3.05, 3.63) is 77.5 Å². The molecule has 104 valence electrons. The van der Waals surface area contributed by atoms with Gasteiger partial charge in [0.05, 0.1) is 11.2 Å². The molecule has 0 saturated carbocycles. The third-order valence-electron chi connectivity index (χ3n) is 4.31. The average Bonchev–Trinajstić information content (AvgIpc) is 2.51. The first-order valence-electron chi connectivity index (χ1n) is 7.53. The Kier molecular flexibility index (Phi) is 3.17. The molecule has 0 bridgehead atoms. The second-order valence-corrected chi connectivity index (χ2v) is 5.73. The van der Waals surface area contributed by atoms with E-state index in [-0.39, 0.29) is 0 Å². The first-order valence-corrected chi connectivity index (χ1v) is 7.53. The van der Waals surface area contributed by atoms with Gasteiger partial charge in [0.1, 0.15) is 0 Å². The number of hydrogen-bond acceptors (Lipinski definition) is 2. The van der Waals surface area contributed by atoms with Crippen molar-refractivity contribution in [3.8, 4) is 0 Å². The van der Waals surface area contributed by atoms with Crippen molar-refractivity contribution in [1.29, 1.82) is 0 Å². The highest BCUT2D eigenvalue weighted by Gasteiger charge is 2.24. The van der Waals surface area contributed by atoms with Crippen molar-refractivity contribution in [1.82, 2.24) is 10.3 Å². The summed E-state index contributed by atoms with van der Waals surface area (Å²) in [4.78, 5) is 4.70. The zero-order valence-corrected chi connectivity index (χ0v) is 11.9. The lowest BCUT2D eigenvalue weighted by Gasteiger charge is -2.30. The van der Waals surface area contributed by atoms with Gasteiger partial charge in [0.15, 0.2) is 0 Å². The van der Waals surface area contributed by atoms with Gasteiger partial charge in [-0.3, -0.25) is 4.98 Å². The maximum Gasteiger partial charge on any atom is 0.0705 e. The highest BCUT2D eigenvalue weighted by molar-refractivity contribution is 5.78. The Morgan fingerprint density at radius 2 is 1.81 bits per heavy atom. The van der Waals surface area contributed by atoms with Gasteiger partial charge in [0, 0.05) is 24.4 Å². The molecule has 3 aromatic rings. The Morgan fingerprint density at radius 1 is 0.952 bits per heavy atom. The fourth-order valence-corrected chi connectivity index (χ4v) is 3.13. The normalized spacial score (nSPS) is 16.5. The molecule has 2 nitrogen and oxygen atoms in total. The zero-order valence-electron chi connectivity index (χ0n) is 11.9. The highest BCUT2D eigenvalue weighted by atomic mass is 14.9. The Labute approximate surface area is 124 Å². The SMILES string of the molecule is c1ccc2c(c1)CC2CNCc1ccc2ccccc2n1. The van der Waals surface area contributed by atoms with Crippen LogP contribution in [0.15, 0.2) is 60.7 Å². The molecule has 1 unspecified atom stereocenters. The Morgan fingerprint density at radius 3 is 2.76 bits per heavy atom. The summed E-state index contributed by atoms with van der Waals surface area (Å²) in [5, 5.41) is 4.75. The monoisotopic (exact) mass is 274 g/mol. The summed E-state index contributed by atoms with van der Waals surface area (Å²) in [6, 6.07) is 21.3. The van der Waals surface area contributed by atoms with E-state index >= 15 is 0 Å². The fourth-order valence-electron chi connectivity index (χ4n) is 3.13. The molecular weight excluding hydrogens is 256 g/mol. The van der Waals surface area contributed by atoms with E-state index < -0.39 is 0 Å². The van der Waals surface area contributed by atoms with Crippen molar-refractivity contribution in [2.75, 3.05) is 6.54 Å². The number of aromatic nitrogens is 1. The van der Waals surface area contributed by atoms with Crippen LogP contribution in [0, 0.1) is 0 Å². The maximum absolute atomic E-state index is 4.70. The lowest BCUT2D eigenvalue weighted by molar-refractivity contribution is 0.533. The molecule has 21 heavy (non-hydrogen) atoms. The van der Waals surface area contributed by atoms with Gasteiger partial charge in [-0.1, -0.05) is 48.5 Å². The maximum atomic E-state index is 4.70. The average molecular weight is 274 g/mol. The lowest BCUT2D eigenvalue weighted by Crippen LogP contribution is -2.29. The largest absolute Gasteiger partial charge is 0.311 e. The quantitative estimate of drug-likeness (QED) is 0.785. The van der Waals surface area contributed by atoms with Crippen LogP contribution >= 0.6 is 0 Å². The van der Waals surface area contributed by atoms with Crippen molar-refractivity contribution in [2.45, 2.75) is 18.9 Å². The van der Waals surface area contributed by atoms with Gasteiger partial charge in [-0.25, -0.2) is 0 Å². The summed E-state index contributed by atoms with van der Waals surface area (Å²) in [5.41, 5.74) is 5.21. The van der Waals surface area contributed by atoms with Gasteiger partial charge in [-0.15, -0.1) is 0 Å². The van der Waals surface area contributed by atoms with E-state index in [1.54, 1.807) is 0 Å². The number of hydrogen-bond donors (Lipinski definition) is 1. The molecule has 0 fully saturated rings. The second-order valence-electron chi connectivity index (χ2n) is 5.73. The third kappa shape index (κ3) is 2.43. The van der Waals surface area contributed by atoms with Crippen LogP contribution in [0.1, 0.15) is 22.7 Å². The van der Waals surface area contributed by atoms with Crippen LogP contribution in [0.25, 0.3) is 10.9 Å². The first-order chi connectivity index (χ1) is 10.4. The van der Waals surface area contributed by atoms with E-state index in [0.717, 1.165) is 24.3 Å². The molecule has 0 spiro atoms. The van der Waals surface area contributed by atoms with Crippen molar-refractivity contribution in [2.24, 2.45) is 0 Å². The van der Waals surface area contributed by atoms with Gasteiger partial charge in [0.25, 0.3) is 0 Å². The fraction of sp³-hybridized carbons (Fsp3) is 0.211. The molecule has 2 heteroatoms. The summed E-state index contributed by atoms with van der Waals surface area (Å²) >= 11 is 0. The van der Waals surface area contributed by atoms with E-state index in [1.807, 2.05) is 6.07 Å². The minimum atomic E-state index is 0.668. The van der Waals surface area contributed by atoms with Gasteiger partial charge in [-0.2, -0.15) is 0 Å². The minimum absolute atomic E-state index is 0.668. The predicted octanol–water partition coefficient (Wildman–Crippen LogP) is 3.66. The molecule has 1 aliphatic rings. The van der Waals surface area contributed by atoms with E-state index in [1.165, 1.54) is 22.9 Å². The summed E-state index contributed by atoms with van der Waals surface area (Å²) in [5.74, 6) is 0.668. The van der Waals surface area contributed by atoms with Gasteiger partial charge in [-0.05, 0) is 29.7 Å². The van der Waals surface area contributed by atoms with Gasteiger partial charge >= 0.3 is 0 Å². The molecular formula is C19H18N2. The summed E-state index contributed by atoms with van der Waals surface area (Å²) in [7, 11) is 0. The van der Waals surface area contributed by atoms with Crippen LogP contribution in [-0.4, -0.2) is 11.5 Å². The van der Waals surface area contributed by atoms with Gasteiger partial charge in [0.2, 0.25) is 0 Å². The summed E-state index contributed by atoms with van der Waals surface area (Å²) in [6.07, 6.45) is 1.20. The Balaban J connectivity index is 1.39. The molecule has 4 rings (SSSR count). The van der Waals surface area contributed by atoms with Crippen molar-refractivity contribution in [3.63, 3.8) is 0 Å². The van der Waals surface area contributed by atoms with E-state index in [9.17, 15) is 0 Å². The second kappa shape index (κ2) is 5.30. The number of fused-ring (bicyclic) bond motifs is 2. The highest BCUT2D eigenvalue weighted by Crippen LogP contribution is 2.33. The van der Waals surface area contributed by atoms with Crippen LogP contribution in [0.5, 0.6) is 0 Å². The van der Waals surface area contributed by atoms with E-state index in [2.05, 4.69) is 59.9 Å². The number of rotatable bonds is 4. The minimum Gasteiger partial charge on any atom is -0.311 e. The molecule has 0 radical (unpaired) electrons. The first kappa shape index (κ1) is 12.5. The zero-order chi connectivity index (χ0) is 14.1. The van der Waals surface area contributed by atoms with Crippen molar-refractivity contribution >= 4 is 10.9 Å². The smallest absolute Gasteiger partial charge is 0.0705 e. The van der Waals surface area contributed by atoms with Crippen LogP contribution in [0.4, 0.5) is 0 Å². The Bertz CT molecular complexity index is 779. The molecule has 2 aromatic carbocycles. The standard InChI is InChI=1S/C19H18N2/c1-3-7-18-15(6-1)11-16(18)12-20-13-17-10-9-14-5-2-4-8-19(14)21-17/h1-10,16,20H,11-13H2. The molecule has 1 aromatic heterocycles. The van der Waals surface area contributed by atoms with E-state index in [4.69, 9.17) is 4.98 Å². The summed E-state index contributed by atoms with van der Waals surface area (Å²) in [6.45, 7) is 1.87. The number of benzene rings is 2. The molecule has 1 aliphatic carbocycles. The molecule has 1 atom stereocenters. The number of nitrogens with one attached hydrogen (secondary N) is 1. The molecule has 0 saturated heterocycles. The van der Waals surface area contributed by atoms with Crippen molar-refractivity contribution < 1.29 is 0 Å². The number of pyridine rings is 1. The molecule has 1 heterocycles. The predicted molar refractivity (Wildman–Crippen MR) is 86.3 cm³/mol. The molecule has 0 aliphatic heterocycles. The topological polar surface area (TPSA) is 24.9 Å². The number of nitrogens with zero attached hydrogens (tertiary/aromatic N) is 1. The van der Waals surface area contributed by atoms with Crippen LogP contribution in [-0.2, 0) is 13.0 Å². The van der Waals surface area contributed by atoms with Crippen LogP contribution < -0.4 is 5.32 Å². The van der Waals surface area contributed by atoms with Crippen LogP contribution in [0.3, 0.4) is 0 Å². The Hall–Kier alpha value is -2.19. The molecule has 1 N–H and O–H groups in total. The lowest BCUT2D eigenvalue weighted by atomic mass is 9.77.